The molecule has 3 aromatic rings. The normalized spacial score (nSPS) is 18.2. The summed E-state index contributed by atoms with van der Waals surface area (Å²) in [5.41, 5.74) is 1.24. The van der Waals surface area contributed by atoms with Crippen molar-refractivity contribution in [1.29, 1.82) is 0 Å². The third-order valence-corrected chi connectivity index (χ3v) is 5.56. The number of aromatic nitrogens is 2. The van der Waals surface area contributed by atoms with Crippen LogP contribution in [0.4, 0.5) is 5.82 Å². The highest BCUT2D eigenvalue weighted by Gasteiger charge is 2.22. The van der Waals surface area contributed by atoms with E-state index >= 15 is 0 Å². The second-order valence-corrected chi connectivity index (χ2v) is 7.08. The number of aromatic amines is 1. The molecule has 0 saturated carbocycles. The van der Waals surface area contributed by atoms with E-state index in [2.05, 4.69) is 49.8 Å². The minimum absolute atomic E-state index is 0.109. The Kier molecular flexibility index (Phi) is 4.32. The Bertz CT molecular complexity index is 888. The Morgan fingerprint density at radius 3 is 3.21 bits per heavy atom. The van der Waals surface area contributed by atoms with E-state index in [1.807, 2.05) is 0 Å². The van der Waals surface area contributed by atoms with Crippen molar-refractivity contribution >= 4 is 27.2 Å². The number of H-pyrrole nitrogens is 1. The number of anilines is 1. The van der Waals surface area contributed by atoms with Crippen molar-refractivity contribution in [3.8, 4) is 0 Å². The number of thiophene rings is 1. The highest BCUT2D eigenvalue weighted by molar-refractivity contribution is 7.17. The Hall–Kier alpha value is -2.18. The molecule has 6 heteroatoms. The molecule has 0 spiro atoms. The first kappa shape index (κ1) is 15.4. The fraction of sp³-hybridized carbons (Fsp3) is 0.333. The largest absolute Gasteiger partial charge is 0.350 e. The van der Waals surface area contributed by atoms with Crippen LogP contribution in [0.3, 0.4) is 0 Å². The molecule has 0 aliphatic carbocycles. The Labute approximate surface area is 144 Å². The van der Waals surface area contributed by atoms with Gasteiger partial charge < -0.3 is 15.2 Å². The highest BCUT2D eigenvalue weighted by atomic mass is 32.1. The van der Waals surface area contributed by atoms with Crippen molar-refractivity contribution in [2.24, 2.45) is 0 Å². The van der Waals surface area contributed by atoms with Crippen molar-refractivity contribution in [1.82, 2.24) is 15.3 Å². The smallest absolute Gasteiger partial charge is 0.290 e. The van der Waals surface area contributed by atoms with Gasteiger partial charge in [0.05, 0.1) is 0 Å². The van der Waals surface area contributed by atoms with Gasteiger partial charge in [-0.2, -0.15) is 0 Å². The third kappa shape index (κ3) is 3.07. The number of rotatable bonds is 4. The van der Waals surface area contributed by atoms with Gasteiger partial charge in [-0.05, 0) is 35.2 Å². The second-order valence-electron chi connectivity index (χ2n) is 6.17. The van der Waals surface area contributed by atoms with Gasteiger partial charge in [0.1, 0.15) is 0 Å². The first-order valence-corrected chi connectivity index (χ1v) is 9.16. The summed E-state index contributed by atoms with van der Waals surface area (Å²) in [5, 5.41) is 7.24. The predicted octanol–water partition coefficient (Wildman–Crippen LogP) is 2.74. The summed E-state index contributed by atoms with van der Waals surface area (Å²) < 4.78 is 1.33. The monoisotopic (exact) mass is 340 g/mol. The van der Waals surface area contributed by atoms with E-state index in [1.54, 1.807) is 23.7 Å². The fourth-order valence-corrected chi connectivity index (χ4v) is 4.29. The average molecular weight is 340 g/mol. The summed E-state index contributed by atoms with van der Waals surface area (Å²) in [6.07, 6.45) is 5.42. The molecule has 0 bridgehead atoms. The summed E-state index contributed by atoms with van der Waals surface area (Å²) in [6, 6.07) is 8.90. The van der Waals surface area contributed by atoms with Gasteiger partial charge in [0.25, 0.3) is 5.56 Å². The fourth-order valence-electron chi connectivity index (χ4n) is 3.33. The van der Waals surface area contributed by atoms with Crippen molar-refractivity contribution in [2.45, 2.75) is 25.4 Å². The standard InChI is InChI=1S/C18H20N4OS/c23-18-17(19-7-8-20-18)22-9-3-4-14(11-22)21-10-13-12-24-16-6-2-1-5-15(13)16/h1-2,5-8,12,14,21H,3-4,9-11H2,(H,20,23)/t14-/m1/s1. The minimum Gasteiger partial charge on any atom is -0.350 e. The van der Waals surface area contributed by atoms with Gasteiger partial charge in [-0.15, -0.1) is 11.3 Å². The zero-order chi connectivity index (χ0) is 16.4. The lowest BCUT2D eigenvalue weighted by molar-refractivity contribution is 0.420. The van der Waals surface area contributed by atoms with Crippen molar-refractivity contribution in [3.05, 3.63) is 58.0 Å². The van der Waals surface area contributed by atoms with Gasteiger partial charge in [0.15, 0.2) is 5.82 Å². The lowest BCUT2D eigenvalue weighted by Gasteiger charge is -2.33. The van der Waals surface area contributed by atoms with Gasteiger partial charge >= 0.3 is 0 Å². The third-order valence-electron chi connectivity index (χ3n) is 4.55. The topological polar surface area (TPSA) is 61.0 Å². The second kappa shape index (κ2) is 6.75. The predicted molar refractivity (Wildman–Crippen MR) is 98.8 cm³/mol. The summed E-state index contributed by atoms with van der Waals surface area (Å²) in [4.78, 5) is 21.0. The molecule has 1 saturated heterocycles. The Morgan fingerprint density at radius 2 is 2.29 bits per heavy atom. The van der Waals surface area contributed by atoms with E-state index in [4.69, 9.17) is 0 Å². The molecule has 2 N–H and O–H groups in total. The summed E-state index contributed by atoms with van der Waals surface area (Å²) in [6.45, 7) is 2.57. The number of nitrogens with zero attached hydrogens (tertiary/aromatic N) is 2. The number of hydrogen-bond donors (Lipinski definition) is 2. The molecular weight excluding hydrogens is 320 g/mol. The van der Waals surface area contributed by atoms with Gasteiger partial charge in [0, 0.05) is 42.8 Å². The minimum atomic E-state index is -0.109. The molecule has 3 heterocycles. The molecular formula is C18H20N4OS. The lowest BCUT2D eigenvalue weighted by atomic mass is 10.1. The molecule has 5 nitrogen and oxygen atoms in total. The van der Waals surface area contributed by atoms with Crippen LogP contribution in [0.2, 0.25) is 0 Å². The number of hydrogen-bond acceptors (Lipinski definition) is 5. The molecule has 2 aromatic heterocycles. The zero-order valence-electron chi connectivity index (χ0n) is 13.4. The molecule has 124 valence electrons. The molecule has 1 aromatic carbocycles. The van der Waals surface area contributed by atoms with Crippen LogP contribution >= 0.6 is 11.3 Å². The van der Waals surface area contributed by atoms with Gasteiger partial charge in [0.2, 0.25) is 0 Å². The number of fused-ring (bicyclic) bond motifs is 1. The number of nitrogens with one attached hydrogen (secondary N) is 2. The zero-order valence-corrected chi connectivity index (χ0v) is 14.2. The maximum Gasteiger partial charge on any atom is 0.290 e. The molecule has 0 unspecified atom stereocenters. The van der Waals surface area contributed by atoms with Crippen LogP contribution in [0.25, 0.3) is 10.1 Å². The average Bonchev–Trinajstić information content (AvgIpc) is 3.04. The van der Waals surface area contributed by atoms with Crippen LogP contribution in [0.1, 0.15) is 18.4 Å². The van der Waals surface area contributed by atoms with E-state index in [1.165, 1.54) is 15.6 Å². The van der Waals surface area contributed by atoms with Crippen LogP contribution in [-0.2, 0) is 6.54 Å². The molecule has 1 fully saturated rings. The van der Waals surface area contributed by atoms with Crippen LogP contribution in [0.5, 0.6) is 0 Å². The van der Waals surface area contributed by atoms with E-state index in [-0.39, 0.29) is 5.56 Å². The summed E-state index contributed by atoms with van der Waals surface area (Å²) in [7, 11) is 0. The van der Waals surface area contributed by atoms with Crippen LogP contribution in [0, 0.1) is 0 Å². The van der Waals surface area contributed by atoms with E-state index in [9.17, 15) is 4.79 Å². The van der Waals surface area contributed by atoms with Crippen molar-refractivity contribution < 1.29 is 0 Å². The molecule has 1 atom stereocenters. The van der Waals surface area contributed by atoms with E-state index in [0.29, 0.717) is 11.9 Å². The number of piperidine rings is 1. The molecule has 1 aliphatic rings. The molecule has 0 amide bonds. The number of benzene rings is 1. The first-order valence-electron chi connectivity index (χ1n) is 8.28. The van der Waals surface area contributed by atoms with Gasteiger partial charge in [-0.25, -0.2) is 4.98 Å². The quantitative estimate of drug-likeness (QED) is 0.767. The maximum atomic E-state index is 11.9. The van der Waals surface area contributed by atoms with Crippen molar-refractivity contribution in [2.75, 3.05) is 18.0 Å². The highest BCUT2D eigenvalue weighted by Crippen LogP contribution is 2.25. The van der Waals surface area contributed by atoms with Gasteiger partial charge in [-0.1, -0.05) is 18.2 Å². The van der Waals surface area contributed by atoms with E-state index < -0.39 is 0 Å². The Morgan fingerprint density at radius 1 is 1.38 bits per heavy atom. The lowest BCUT2D eigenvalue weighted by Crippen LogP contribution is -2.47. The molecule has 1 aliphatic heterocycles. The van der Waals surface area contributed by atoms with Gasteiger partial charge in [-0.3, -0.25) is 4.79 Å². The first-order chi connectivity index (χ1) is 11.8. The molecule has 4 rings (SSSR count). The summed E-state index contributed by atoms with van der Waals surface area (Å²) >= 11 is 1.79. The van der Waals surface area contributed by atoms with E-state index in [0.717, 1.165) is 32.5 Å². The maximum absolute atomic E-state index is 11.9. The van der Waals surface area contributed by atoms with Crippen LogP contribution in [0.15, 0.2) is 46.8 Å². The van der Waals surface area contributed by atoms with Crippen LogP contribution in [-0.4, -0.2) is 29.1 Å². The Balaban J connectivity index is 1.44. The SMILES string of the molecule is O=c1[nH]ccnc1N1CCC[C@@H](NCc2csc3ccccc23)C1. The van der Waals surface area contributed by atoms with Crippen LogP contribution < -0.4 is 15.8 Å². The molecule has 24 heavy (non-hydrogen) atoms. The van der Waals surface area contributed by atoms with Crippen molar-refractivity contribution in [3.63, 3.8) is 0 Å². The molecule has 0 radical (unpaired) electrons. The summed E-state index contributed by atoms with van der Waals surface area (Å²) in [5.74, 6) is 0.532.